The molecule has 2 aliphatic heterocycles. The summed E-state index contributed by atoms with van der Waals surface area (Å²) in [4.78, 5) is 12.4. The van der Waals surface area contributed by atoms with E-state index in [1.54, 1.807) is 0 Å². The average molecular weight is 602 g/mol. The van der Waals surface area contributed by atoms with Crippen LogP contribution in [0.4, 0.5) is 57.1 Å². The Labute approximate surface area is 209 Å². The third-order valence-corrected chi connectivity index (χ3v) is 5.68. The summed E-state index contributed by atoms with van der Waals surface area (Å²) < 4.78 is 182. The number of aliphatic hydroxyl groups is 2. The predicted octanol–water partition coefficient (Wildman–Crippen LogP) is 3.39. The Kier molecular flexibility index (Phi) is 8.92. The zero-order chi connectivity index (χ0) is 30.4. The zero-order valence-electron chi connectivity index (χ0n) is 19.0. The van der Waals surface area contributed by atoms with Crippen LogP contribution in [0.5, 0.6) is 0 Å². The summed E-state index contributed by atoms with van der Waals surface area (Å²) in [6.45, 7) is 1.48. The van der Waals surface area contributed by atoms with Crippen LogP contribution < -0.4 is 5.32 Å². The number of halogens is 13. The van der Waals surface area contributed by atoms with E-state index in [1.165, 1.54) is 0 Å². The molecule has 4 atom stereocenters. The van der Waals surface area contributed by atoms with Crippen molar-refractivity contribution >= 4 is 5.91 Å². The highest BCUT2D eigenvalue weighted by Gasteiger charge is 2.90. The van der Waals surface area contributed by atoms with Gasteiger partial charge in [-0.1, -0.05) is 6.58 Å². The van der Waals surface area contributed by atoms with Crippen LogP contribution in [0.1, 0.15) is 12.8 Å². The molecular weight excluding hydrogens is 583 g/mol. The second-order valence-electron chi connectivity index (χ2n) is 8.34. The standard InChI is InChI=1S/C19H19F13N2O5/c1-8-33-10(36)3-5-34(8)13-12(11(37)9(7-35)39-13)38-6-2-4-14(20,21)15(22,23)16(24,25)17(26,27)18(28,29)19(30,31)32/h3,5,9,11-13,35,37H,1-2,4,6-7H2,(H,33,36). The van der Waals surface area contributed by atoms with Gasteiger partial charge in [-0.25, -0.2) is 0 Å². The highest BCUT2D eigenvalue weighted by molar-refractivity contribution is 5.89. The summed E-state index contributed by atoms with van der Waals surface area (Å²) in [5.74, 6) is -38.2. The minimum atomic E-state index is -7.99. The summed E-state index contributed by atoms with van der Waals surface area (Å²) in [6.07, 6.45) is -15.6. The number of rotatable bonds is 11. The molecule has 4 unspecified atom stereocenters. The normalized spacial score (nSPS) is 25.9. The number of alkyl halides is 13. The maximum atomic E-state index is 13.9. The van der Waals surface area contributed by atoms with Crippen molar-refractivity contribution in [1.29, 1.82) is 0 Å². The van der Waals surface area contributed by atoms with Gasteiger partial charge in [0.15, 0.2) is 6.23 Å². The SMILES string of the molecule is C=C1NC(=O)C=CN1C1OC(CO)C(O)C1OCCCC(F)(F)C(F)(F)C(F)(F)C(F)(F)C(F)(F)C(F)(F)F. The van der Waals surface area contributed by atoms with Gasteiger partial charge in [-0.3, -0.25) is 4.79 Å². The molecule has 7 nitrogen and oxygen atoms in total. The van der Waals surface area contributed by atoms with Gasteiger partial charge in [-0.05, 0) is 6.42 Å². The van der Waals surface area contributed by atoms with E-state index in [0.29, 0.717) is 0 Å². The molecule has 1 fully saturated rings. The summed E-state index contributed by atoms with van der Waals surface area (Å²) in [5.41, 5.74) is 0. The first kappa shape index (κ1) is 32.9. The average Bonchev–Trinajstić information content (AvgIpc) is 3.10. The van der Waals surface area contributed by atoms with E-state index in [0.717, 1.165) is 17.2 Å². The van der Waals surface area contributed by atoms with Crippen LogP contribution in [0.25, 0.3) is 0 Å². The maximum absolute atomic E-state index is 13.9. The lowest BCUT2D eigenvalue weighted by Gasteiger charge is -2.39. The molecule has 1 amide bonds. The lowest BCUT2D eigenvalue weighted by atomic mass is 9.92. The number of ether oxygens (including phenoxy) is 2. The van der Waals surface area contributed by atoms with Gasteiger partial charge in [0.2, 0.25) is 0 Å². The van der Waals surface area contributed by atoms with Crippen molar-refractivity contribution in [2.45, 2.75) is 73.2 Å². The lowest BCUT2D eigenvalue weighted by Crippen LogP contribution is -2.70. The van der Waals surface area contributed by atoms with Gasteiger partial charge >= 0.3 is 35.8 Å². The Bertz CT molecular complexity index is 957. The van der Waals surface area contributed by atoms with Gasteiger partial charge < -0.3 is 29.9 Å². The number of carbonyl (C=O) groups excluding carboxylic acids is 1. The largest absolute Gasteiger partial charge is 0.460 e. The number of amides is 1. The molecule has 0 spiro atoms. The van der Waals surface area contributed by atoms with E-state index in [4.69, 9.17) is 9.47 Å². The quantitative estimate of drug-likeness (QED) is 0.248. The van der Waals surface area contributed by atoms with Crippen LogP contribution >= 0.6 is 0 Å². The van der Waals surface area contributed by atoms with Crippen molar-refractivity contribution in [3.63, 3.8) is 0 Å². The van der Waals surface area contributed by atoms with Crippen LogP contribution in [0.3, 0.4) is 0 Å². The summed E-state index contributed by atoms with van der Waals surface area (Å²) >= 11 is 0. The number of hydrogen-bond donors (Lipinski definition) is 3. The lowest BCUT2D eigenvalue weighted by molar-refractivity contribution is -0.440. The highest BCUT2D eigenvalue weighted by Crippen LogP contribution is 2.60. The summed E-state index contributed by atoms with van der Waals surface area (Å²) in [5, 5.41) is 21.7. The monoisotopic (exact) mass is 602 g/mol. The number of hydrogen-bond acceptors (Lipinski definition) is 6. The molecule has 39 heavy (non-hydrogen) atoms. The molecule has 0 aromatic rings. The second kappa shape index (κ2) is 10.6. The van der Waals surface area contributed by atoms with Crippen molar-refractivity contribution in [1.82, 2.24) is 10.2 Å². The first-order valence-corrected chi connectivity index (χ1v) is 10.5. The van der Waals surface area contributed by atoms with Crippen LogP contribution in [0.2, 0.25) is 0 Å². The Morgan fingerprint density at radius 2 is 1.49 bits per heavy atom. The molecule has 1 saturated heterocycles. The van der Waals surface area contributed by atoms with E-state index < -0.39 is 92.3 Å². The molecule has 0 bridgehead atoms. The third kappa shape index (κ3) is 5.51. The smallest absolute Gasteiger partial charge is 0.394 e. The minimum Gasteiger partial charge on any atom is -0.394 e. The van der Waals surface area contributed by atoms with Crippen LogP contribution in [0, 0.1) is 0 Å². The van der Waals surface area contributed by atoms with E-state index in [1.807, 2.05) is 0 Å². The molecule has 226 valence electrons. The molecule has 0 aromatic heterocycles. The molecule has 3 N–H and O–H groups in total. The molecule has 2 heterocycles. The molecule has 20 heteroatoms. The van der Waals surface area contributed by atoms with Gasteiger partial charge in [-0.15, -0.1) is 0 Å². The first-order chi connectivity index (χ1) is 17.5. The first-order valence-electron chi connectivity index (χ1n) is 10.5. The summed E-state index contributed by atoms with van der Waals surface area (Å²) in [7, 11) is 0. The van der Waals surface area contributed by atoms with Crippen LogP contribution in [-0.2, 0) is 14.3 Å². The fourth-order valence-electron chi connectivity index (χ4n) is 3.47. The molecule has 0 aliphatic carbocycles. The van der Waals surface area contributed by atoms with E-state index >= 15 is 0 Å². The van der Waals surface area contributed by atoms with Crippen LogP contribution in [-0.4, -0.2) is 94.6 Å². The van der Waals surface area contributed by atoms with Crippen molar-refractivity contribution in [2.24, 2.45) is 0 Å². The number of aliphatic hydroxyl groups excluding tert-OH is 2. The molecule has 2 rings (SSSR count). The number of carbonyl (C=O) groups is 1. The molecule has 0 aromatic carbocycles. The van der Waals surface area contributed by atoms with E-state index in [9.17, 15) is 72.1 Å². The van der Waals surface area contributed by atoms with Gasteiger partial charge in [0.25, 0.3) is 5.91 Å². The van der Waals surface area contributed by atoms with Crippen molar-refractivity contribution < 1.29 is 81.6 Å². The highest BCUT2D eigenvalue weighted by atomic mass is 19.4. The summed E-state index contributed by atoms with van der Waals surface area (Å²) in [6, 6.07) is 0. The number of nitrogens with zero attached hydrogens (tertiary/aromatic N) is 1. The molecule has 2 aliphatic rings. The number of nitrogens with one attached hydrogen (secondary N) is 1. The fraction of sp³-hybridized carbons (Fsp3) is 0.737. The zero-order valence-corrected chi connectivity index (χ0v) is 19.0. The second-order valence-corrected chi connectivity index (χ2v) is 8.34. The van der Waals surface area contributed by atoms with Gasteiger partial charge in [0.05, 0.1) is 6.61 Å². The molecule has 0 saturated carbocycles. The predicted molar refractivity (Wildman–Crippen MR) is 99.8 cm³/mol. The Hall–Kier alpha value is -2.32. The molecule has 0 radical (unpaired) electrons. The van der Waals surface area contributed by atoms with Gasteiger partial charge in [-0.2, -0.15) is 57.1 Å². The fourth-order valence-corrected chi connectivity index (χ4v) is 3.47. The third-order valence-electron chi connectivity index (χ3n) is 5.68. The van der Waals surface area contributed by atoms with E-state index in [-0.39, 0.29) is 5.82 Å². The Morgan fingerprint density at radius 3 is 1.97 bits per heavy atom. The topological polar surface area (TPSA) is 91.3 Å². The molecular formula is C19H19F13N2O5. The van der Waals surface area contributed by atoms with Crippen molar-refractivity contribution in [3.8, 4) is 0 Å². The van der Waals surface area contributed by atoms with Crippen LogP contribution in [0.15, 0.2) is 24.7 Å². The van der Waals surface area contributed by atoms with Gasteiger partial charge in [0, 0.05) is 25.3 Å². The maximum Gasteiger partial charge on any atom is 0.460 e. The van der Waals surface area contributed by atoms with Gasteiger partial charge in [0.1, 0.15) is 24.1 Å². The van der Waals surface area contributed by atoms with E-state index in [2.05, 4.69) is 11.9 Å². The Morgan fingerprint density at radius 1 is 0.949 bits per heavy atom. The van der Waals surface area contributed by atoms with Crippen molar-refractivity contribution in [3.05, 3.63) is 24.7 Å². The Balaban J connectivity index is 2.15. The van der Waals surface area contributed by atoms with Crippen molar-refractivity contribution in [2.75, 3.05) is 13.2 Å². The minimum absolute atomic E-state index is 0.170.